The summed E-state index contributed by atoms with van der Waals surface area (Å²) in [6.45, 7) is 5.01. The number of methoxy groups -OCH3 is 1. The standard InChI is InChI=1S/C13H22N2O3S/c1-4-9-14-12-5-7-13(8-6-12)19(16,17)15-10-11(2)18-3/h5-8,11,14-15H,4,9-10H2,1-3H3. The van der Waals surface area contributed by atoms with Gasteiger partial charge in [0, 0.05) is 25.9 Å². The van der Waals surface area contributed by atoms with E-state index in [4.69, 9.17) is 4.74 Å². The maximum atomic E-state index is 12.0. The minimum Gasteiger partial charge on any atom is -0.385 e. The molecule has 1 aromatic rings. The van der Waals surface area contributed by atoms with Gasteiger partial charge in [-0.3, -0.25) is 0 Å². The van der Waals surface area contributed by atoms with Crippen LogP contribution in [0.25, 0.3) is 0 Å². The molecule has 1 rings (SSSR count). The van der Waals surface area contributed by atoms with Gasteiger partial charge in [-0.1, -0.05) is 6.92 Å². The molecule has 0 heterocycles. The van der Waals surface area contributed by atoms with Crippen molar-refractivity contribution < 1.29 is 13.2 Å². The summed E-state index contributed by atoms with van der Waals surface area (Å²) in [5.74, 6) is 0. The van der Waals surface area contributed by atoms with Gasteiger partial charge in [-0.05, 0) is 37.6 Å². The molecule has 0 saturated heterocycles. The van der Waals surface area contributed by atoms with Crippen molar-refractivity contribution in [2.24, 2.45) is 0 Å². The molecule has 0 fully saturated rings. The van der Waals surface area contributed by atoms with E-state index in [1.165, 1.54) is 0 Å². The molecule has 0 bridgehead atoms. The van der Waals surface area contributed by atoms with E-state index in [1.807, 2.05) is 0 Å². The summed E-state index contributed by atoms with van der Waals surface area (Å²) >= 11 is 0. The van der Waals surface area contributed by atoms with Gasteiger partial charge in [-0.15, -0.1) is 0 Å². The Balaban J connectivity index is 2.68. The van der Waals surface area contributed by atoms with Crippen LogP contribution in [0.5, 0.6) is 0 Å². The SMILES string of the molecule is CCCNc1ccc(S(=O)(=O)NCC(C)OC)cc1. The summed E-state index contributed by atoms with van der Waals surface area (Å²) in [4.78, 5) is 0.262. The number of rotatable bonds is 8. The number of hydrogen-bond donors (Lipinski definition) is 2. The van der Waals surface area contributed by atoms with Crippen LogP contribution in [-0.2, 0) is 14.8 Å². The lowest BCUT2D eigenvalue weighted by molar-refractivity contribution is 0.122. The van der Waals surface area contributed by atoms with Crippen LogP contribution in [-0.4, -0.2) is 34.7 Å². The number of ether oxygens (including phenoxy) is 1. The molecule has 108 valence electrons. The quantitative estimate of drug-likeness (QED) is 0.765. The van der Waals surface area contributed by atoms with E-state index >= 15 is 0 Å². The lowest BCUT2D eigenvalue weighted by Crippen LogP contribution is -2.31. The van der Waals surface area contributed by atoms with Gasteiger partial charge >= 0.3 is 0 Å². The topological polar surface area (TPSA) is 67.4 Å². The summed E-state index contributed by atoms with van der Waals surface area (Å²) in [7, 11) is -1.91. The van der Waals surface area contributed by atoms with Crippen LogP contribution in [0.1, 0.15) is 20.3 Å². The fourth-order valence-electron chi connectivity index (χ4n) is 1.42. The van der Waals surface area contributed by atoms with Crippen molar-refractivity contribution in [2.45, 2.75) is 31.3 Å². The Morgan fingerprint density at radius 3 is 2.42 bits per heavy atom. The molecule has 19 heavy (non-hydrogen) atoms. The Bertz CT molecular complexity index is 471. The highest BCUT2D eigenvalue weighted by Crippen LogP contribution is 2.13. The Morgan fingerprint density at radius 1 is 1.26 bits per heavy atom. The molecular formula is C13H22N2O3S. The van der Waals surface area contributed by atoms with Gasteiger partial charge in [0.2, 0.25) is 10.0 Å². The molecule has 1 atom stereocenters. The fraction of sp³-hybridized carbons (Fsp3) is 0.538. The largest absolute Gasteiger partial charge is 0.385 e. The molecule has 1 aromatic carbocycles. The molecule has 0 aromatic heterocycles. The molecule has 2 N–H and O–H groups in total. The molecule has 0 amide bonds. The molecule has 0 spiro atoms. The monoisotopic (exact) mass is 286 g/mol. The zero-order valence-electron chi connectivity index (χ0n) is 11.6. The van der Waals surface area contributed by atoms with Gasteiger partial charge in [0.1, 0.15) is 0 Å². The van der Waals surface area contributed by atoms with E-state index in [-0.39, 0.29) is 17.5 Å². The highest BCUT2D eigenvalue weighted by atomic mass is 32.2. The van der Waals surface area contributed by atoms with Crippen molar-refractivity contribution in [1.29, 1.82) is 0 Å². The third kappa shape index (κ3) is 5.18. The molecule has 0 aliphatic heterocycles. The predicted molar refractivity (Wildman–Crippen MR) is 76.9 cm³/mol. The second-order valence-electron chi connectivity index (χ2n) is 4.35. The van der Waals surface area contributed by atoms with E-state index < -0.39 is 10.0 Å². The van der Waals surface area contributed by atoms with E-state index in [2.05, 4.69) is 17.0 Å². The zero-order chi connectivity index (χ0) is 14.3. The van der Waals surface area contributed by atoms with Crippen molar-refractivity contribution in [3.8, 4) is 0 Å². The average molecular weight is 286 g/mol. The second kappa shape index (κ2) is 7.47. The van der Waals surface area contributed by atoms with Crippen molar-refractivity contribution in [2.75, 3.05) is 25.5 Å². The van der Waals surface area contributed by atoms with Crippen LogP contribution in [0, 0.1) is 0 Å². The summed E-state index contributed by atoms with van der Waals surface area (Å²) < 4.78 is 31.5. The van der Waals surface area contributed by atoms with Crippen molar-refractivity contribution in [3.05, 3.63) is 24.3 Å². The molecule has 0 saturated carbocycles. The zero-order valence-corrected chi connectivity index (χ0v) is 12.5. The maximum Gasteiger partial charge on any atom is 0.240 e. The van der Waals surface area contributed by atoms with Gasteiger partial charge in [0.25, 0.3) is 0 Å². The van der Waals surface area contributed by atoms with Crippen LogP contribution in [0.2, 0.25) is 0 Å². The Hall–Kier alpha value is -1.11. The average Bonchev–Trinajstić information content (AvgIpc) is 2.43. The number of anilines is 1. The molecular weight excluding hydrogens is 264 g/mol. The van der Waals surface area contributed by atoms with Gasteiger partial charge < -0.3 is 10.1 Å². The van der Waals surface area contributed by atoms with Gasteiger partial charge in [0.15, 0.2) is 0 Å². The molecule has 0 aliphatic rings. The minimum atomic E-state index is -3.46. The Labute approximate surface area is 115 Å². The summed E-state index contributed by atoms with van der Waals surface area (Å²) in [6, 6.07) is 6.73. The first kappa shape index (κ1) is 15.9. The van der Waals surface area contributed by atoms with Crippen molar-refractivity contribution >= 4 is 15.7 Å². The van der Waals surface area contributed by atoms with Crippen LogP contribution in [0.4, 0.5) is 5.69 Å². The third-order valence-electron chi connectivity index (χ3n) is 2.71. The molecule has 0 radical (unpaired) electrons. The number of sulfonamides is 1. The van der Waals surface area contributed by atoms with Gasteiger partial charge in [-0.2, -0.15) is 0 Å². The number of hydrogen-bond acceptors (Lipinski definition) is 4. The summed E-state index contributed by atoms with van der Waals surface area (Å²) in [5, 5.41) is 3.20. The number of benzene rings is 1. The first-order chi connectivity index (χ1) is 8.99. The Kier molecular flexibility index (Phi) is 6.27. The lowest BCUT2D eigenvalue weighted by atomic mass is 10.3. The van der Waals surface area contributed by atoms with Crippen molar-refractivity contribution in [3.63, 3.8) is 0 Å². The normalized spacial score (nSPS) is 13.2. The van der Waals surface area contributed by atoms with E-state index in [1.54, 1.807) is 38.3 Å². The van der Waals surface area contributed by atoms with Crippen LogP contribution in [0.15, 0.2) is 29.2 Å². The van der Waals surface area contributed by atoms with E-state index in [0.717, 1.165) is 18.7 Å². The van der Waals surface area contributed by atoms with Crippen molar-refractivity contribution in [1.82, 2.24) is 4.72 Å². The highest BCUT2D eigenvalue weighted by molar-refractivity contribution is 7.89. The van der Waals surface area contributed by atoms with E-state index in [9.17, 15) is 8.42 Å². The fourth-order valence-corrected chi connectivity index (χ4v) is 2.53. The first-order valence-electron chi connectivity index (χ1n) is 6.36. The maximum absolute atomic E-state index is 12.0. The first-order valence-corrected chi connectivity index (χ1v) is 7.84. The predicted octanol–water partition coefficient (Wildman–Crippen LogP) is 1.82. The summed E-state index contributed by atoms with van der Waals surface area (Å²) in [6.07, 6.45) is 0.872. The summed E-state index contributed by atoms with van der Waals surface area (Å²) in [5.41, 5.74) is 0.922. The smallest absolute Gasteiger partial charge is 0.240 e. The highest BCUT2D eigenvalue weighted by Gasteiger charge is 2.14. The van der Waals surface area contributed by atoms with Crippen LogP contribution >= 0.6 is 0 Å². The van der Waals surface area contributed by atoms with Crippen LogP contribution < -0.4 is 10.0 Å². The third-order valence-corrected chi connectivity index (χ3v) is 4.15. The Morgan fingerprint density at radius 2 is 1.89 bits per heavy atom. The van der Waals surface area contributed by atoms with Gasteiger partial charge in [0.05, 0.1) is 11.0 Å². The molecule has 1 unspecified atom stereocenters. The lowest BCUT2D eigenvalue weighted by Gasteiger charge is -2.12. The van der Waals surface area contributed by atoms with E-state index in [0.29, 0.717) is 0 Å². The molecule has 5 nitrogen and oxygen atoms in total. The second-order valence-corrected chi connectivity index (χ2v) is 6.12. The minimum absolute atomic E-state index is 0.153. The molecule has 6 heteroatoms. The van der Waals surface area contributed by atoms with Crippen LogP contribution in [0.3, 0.4) is 0 Å². The molecule has 0 aliphatic carbocycles. The number of nitrogens with one attached hydrogen (secondary N) is 2. The van der Waals surface area contributed by atoms with Gasteiger partial charge in [-0.25, -0.2) is 13.1 Å².